The monoisotopic (exact) mass is 247 g/mol. The van der Waals surface area contributed by atoms with Gasteiger partial charge in [0.1, 0.15) is 5.75 Å². The van der Waals surface area contributed by atoms with E-state index in [0.717, 1.165) is 17.7 Å². The number of hydrogen-bond donors (Lipinski definition) is 1. The standard InChI is InChI=1S/C14H14ClNO/c1-2-10-6-3-4-9-13(10)17-14-11(15)7-5-8-12(14)16/h3-9H,2,16H2,1H3. The van der Waals surface area contributed by atoms with Crippen molar-refractivity contribution in [2.45, 2.75) is 13.3 Å². The Labute approximate surface area is 106 Å². The Hall–Kier alpha value is -1.67. The molecule has 0 fully saturated rings. The lowest BCUT2D eigenvalue weighted by Crippen LogP contribution is -1.95. The second kappa shape index (κ2) is 5.11. The van der Waals surface area contributed by atoms with Gasteiger partial charge in [-0.3, -0.25) is 0 Å². The van der Waals surface area contributed by atoms with Crippen LogP contribution in [0.15, 0.2) is 42.5 Å². The highest BCUT2D eigenvalue weighted by molar-refractivity contribution is 6.32. The van der Waals surface area contributed by atoms with Crippen LogP contribution >= 0.6 is 11.6 Å². The molecule has 0 amide bonds. The lowest BCUT2D eigenvalue weighted by Gasteiger charge is -2.12. The van der Waals surface area contributed by atoms with E-state index in [9.17, 15) is 0 Å². The van der Waals surface area contributed by atoms with E-state index < -0.39 is 0 Å². The van der Waals surface area contributed by atoms with Gasteiger partial charge >= 0.3 is 0 Å². The van der Waals surface area contributed by atoms with Gasteiger partial charge in [0.25, 0.3) is 0 Å². The third-order valence-corrected chi connectivity index (χ3v) is 2.86. The fourth-order valence-electron chi connectivity index (χ4n) is 1.64. The quantitative estimate of drug-likeness (QED) is 0.822. The van der Waals surface area contributed by atoms with Crippen molar-refractivity contribution >= 4 is 17.3 Å². The van der Waals surface area contributed by atoms with E-state index in [1.165, 1.54) is 0 Å². The van der Waals surface area contributed by atoms with Gasteiger partial charge in [0.15, 0.2) is 5.75 Å². The Bertz CT molecular complexity index is 505. The zero-order chi connectivity index (χ0) is 12.3. The van der Waals surface area contributed by atoms with Gasteiger partial charge in [-0.1, -0.05) is 42.8 Å². The lowest BCUT2D eigenvalue weighted by molar-refractivity contribution is 0.479. The first-order chi connectivity index (χ1) is 8.22. The van der Waals surface area contributed by atoms with Crippen LogP contribution in [0.25, 0.3) is 0 Å². The Morgan fingerprint density at radius 1 is 1.12 bits per heavy atom. The molecular formula is C14H14ClNO. The van der Waals surface area contributed by atoms with Gasteiger partial charge in [-0.2, -0.15) is 0 Å². The van der Waals surface area contributed by atoms with Crippen molar-refractivity contribution in [1.82, 2.24) is 0 Å². The number of ether oxygens (including phenoxy) is 1. The highest BCUT2D eigenvalue weighted by Gasteiger charge is 2.09. The van der Waals surface area contributed by atoms with Crippen LogP contribution in [0.4, 0.5) is 5.69 Å². The molecule has 0 saturated carbocycles. The minimum absolute atomic E-state index is 0.523. The third-order valence-electron chi connectivity index (χ3n) is 2.56. The van der Waals surface area contributed by atoms with Gasteiger partial charge in [-0.05, 0) is 30.2 Å². The Kier molecular flexibility index (Phi) is 3.55. The summed E-state index contributed by atoms with van der Waals surface area (Å²) in [6.07, 6.45) is 0.903. The average Bonchev–Trinajstić information content (AvgIpc) is 2.34. The summed E-state index contributed by atoms with van der Waals surface area (Å²) in [6, 6.07) is 13.2. The molecule has 0 unspecified atom stereocenters. The molecule has 0 aliphatic heterocycles. The van der Waals surface area contributed by atoms with Crippen molar-refractivity contribution in [3.63, 3.8) is 0 Å². The molecule has 2 N–H and O–H groups in total. The Morgan fingerprint density at radius 2 is 1.88 bits per heavy atom. The molecule has 0 spiro atoms. The Balaban J connectivity index is 2.38. The van der Waals surface area contributed by atoms with Crippen LogP contribution in [-0.4, -0.2) is 0 Å². The zero-order valence-electron chi connectivity index (χ0n) is 9.61. The molecule has 2 aromatic carbocycles. The van der Waals surface area contributed by atoms with Gasteiger partial charge in [-0.15, -0.1) is 0 Å². The number of para-hydroxylation sites is 2. The Morgan fingerprint density at radius 3 is 2.59 bits per heavy atom. The number of aryl methyl sites for hydroxylation is 1. The van der Waals surface area contributed by atoms with E-state index in [-0.39, 0.29) is 0 Å². The predicted molar refractivity (Wildman–Crippen MR) is 71.8 cm³/mol. The summed E-state index contributed by atoms with van der Waals surface area (Å²) in [4.78, 5) is 0. The molecule has 17 heavy (non-hydrogen) atoms. The third kappa shape index (κ3) is 2.53. The van der Waals surface area contributed by atoms with Crippen molar-refractivity contribution in [3.8, 4) is 11.5 Å². The summed E-state index contributed by atoms with van der Waals surface area (Å²) in [6.45, 7) is 2.08. The zero-order valence-corrected chi connectivity index (χ0v) is 10.4. The minimum Gasteiger partial charge on any atom is -0.453 e. The molecule has 2 nitrogen and oxygen atoms in total. The molecule has 2 rings (SSSR count). The first kappa shape index (κ1) is 11.8. The molecule has 0 radical (unpaired) electrons. The predicted octanol–water partition coefficient (Wildman–Crippen LogP) is 4.28. The summed E-state index contributed by atoms with van der Waals surface area (Å²) >= 11 is 6.07. The average molecular weight is 248 g/mol. The van der Waals surface area contributed by atoms with Gasteiger partial charge in [-0.25, -0.2) is 0 Å². The summed E-state index contributed by atoms with van der Waals surface area (Å²) in [5, 5.41) is 0.524. The normalized spacial score (nSPS) is 10.2. The second-order valence-electron chi connectivity index (χ2n) is 3.72. The SMILES string of the molecule is CCc1ccccc1Oc1c(N)cccc1Cl. The maximum atomic E-state index is 6.07. The molecule has 0 atom stereocenters. The lowest BCUT2D eigenvalue weighted by atomic mass is 10.1. The fourth-order valence-corrected chi connectivity index (χ4v) is 1.86. The maximum Gasteiger partial charge on any atom is 0.168 e. The highest BCUT2D eigenvalue weighted by atomic mass is 35.5. The van der Waals surface area contributed by atoms with Crippen LogP contribution in [0.2, 0.25) is 5.02 Å². The van der Waals surface area contributed by atoms with Crippen molar-refractivity contribution < 1.29 is 4.74 Å². The van der Waals surface area contributed by atoms with Crippen molar-refractivity contribution in [2.24, 2.45) is 0 Å². The number of nitrogens with two attached hydrogens (primary N) is 1. The van der Waals surface area contributed by atoms with Crippen LogP contribution < -0.4 is 10.5 Å². The highest BCUT2D eigenvalue weighted by Crippen LogP contribution is 2.35. The molecule has 0 bridgehead atoms. The van der Waals surface area contributed by atoms with Crippen LogP contribution in [0.1, 0.15) is 12.5 Å². The van der Waals surface area contributed by atoms with E-state index in [4.69, 9.17) is 22.1 Å². The van der Waals surface area contributed by atoms with Crippen molar-refractivity contribution in [3.05, 3.63) is 53.1 Å². The van der Waals surface area contributed by atoms with Crippen LogP contribution in [0.5, 0.6) is 11.5 Å². The van der Waals surface area contributed by atoms with E-state index in [1.807, 2.05) is 24.3 Å². The molecular weight excluding hydrogens is 234 g/mol. The number of anilines is 1. The van der Waals surface area contributed by atoms with E-state index in [2.05, 4.69) is 6.92 Å². The largest absolute Gasteiger partial charge is 0.453 e. The topological polar surface area (TPSA) is 35.2 Å². The van der Waals surface area contributed by atoms with Gasteiger partial charge < -0.3 is 10.5 Å². The molecule has 0 aliphatic carbocycles. The summed E-state index contributed by atoms with van der Waals surface area (Å²) in [5.74, 6) is 1.32. The molecule has 88 valence electrons. The molecule has 0 heterocycles. The minimum atomic E-state index is 0.523. The molecule has 0 aliphatic rings. The van der Waals surface area contributed by atoms with Crippen molar-refractivity contribution in [1.29, 1.82) is 0 Å². The summed E-state index contributed by atoms with van der Waals surface area (Å²) in [5.41, 5.74) is 7.53. The molecule has 3 heteroatoms. The number of rotatable bonds is 3. The smallest absolute Gasteiger partial charge is 0.168 e. The summed E-state index contributed by atoms with van der Waals surface area (Å²) in [7, 11) is 0. The molecule has 0 aromatic heterocycles. The first-order valence-electron chi connectivity index (χ1n) is 5.52. The summed E-state index contributed by atoms with van der Waals surface area (Å²) < 4.78 is 5.80. The number of hydrogen-bond acceptors (Lipinski definition) is 2. The number of halogens is 1. The first-order valence-corrected chi connectivity index (χ1v) is 5.90. The molecule has 2 aromatic rings. The number of nitrogen functional groups attached to an aromatic ring is 1. The maximum absolute atomic E-state index is 6.07. The van der Waals surface area contributed by atoms with Gasteiger partial charge in [0.05, 0.1) is 10.7 Å². The van der Waals surface area contributed by atoms with E-state index >= 15 is 0 Å². The van der Waals surface area contributed by atoms with Gasteiger partial charge in [0, 0.05) is 0 Å². The van der Waals surface area contributed by atoms with Crippen LogP contribution in [0.3, 0.4) is 0 Å². The second-order valence-corrected chi connectivity index (χ2v) is 4.13. The van der Waals surface area contributed by atoms with Crippen LogP contribution in [-0.2, 0) is 6.42 Å². The van der Waals surface area contributed by atoms with Crippen LogP contribution in [0, 0.1) is 0 Å². The van der Waals surface area contributed by atoms with Gasteiger partial charge in [0.2, 0.25) is 0 Å². The van der Waals surface area contributed by atoms with E-state index in [1.54, 1.807) is 18.2 Å². The fraction of sp³-hybridized carbons (Fsp3) is 0.143. The van der Waals surface area contributed by atoms with Crippen molar-refractivity contribution in [2.75, 3.05) is 5.73 Å². The molecule has 0 saturated heterocycles. The number of benzene rings is 2. The van der Waals surface area contributed by atoms with E-state index in [0.29, 0.717) is 16.5 Å².